The fraction of sp³-hybridized carbons (Fsp3) is 0.0204. The van der Waals surface area contributed by atoms with Gasteiger partial charge in [-0.05, 0) is 87.2 Å². The summed E-state index contributed by atoms with van der Waals surface area (Å²) in [6.45, 7) is 0. The lowest BCUT2D eigenvalue weighted by Crippen LogP contribution is -2.62. The molecular weight excluding hydrogens is 679 g/mol. The first kappa shape index (κ1) is 30.5. The highest BCUT2D eigenvalue weighted by atomic mass is 32.2. The van der Waals surface area contributed by atoms with Crippen molar-refractivity contribution >= 4 is 75.1 Å². The van der Waals surface area contributed by atoms with Crippen molar-refractivity contribution < 1.29 is 4.42 Å². The van der Waals surface area contributed by atoms with Gasteiger partial charge in [0.05, 0.1) is 5.41 Å². The Bertz CT molecular complexity index is 2800. The molecule has 1 aromatic heterocycles. The van der Waals surface area contributed by atoms with Gasteiger partial charge in [-0.1, -0.05) is 150 Å². The van der Waals surface area contributed by atoms with E-state index < -0.39 is 14.2 Å². The van der Waals surface area contributed by atoms with E-state index in [1.807, 2.05) is 17.8 Å². The average molecular weight is 712 g/mol. The maximum Gasteiger partial charge on any atom is 0.137 e. The van der Waals surface area contributed by atoms with Gasteiger partial charge in [0.1, 0.15) is 20.0 Å². The number of para-hydroxylation sites is 2. The molecule has 0 N–H and O–H groups in total. The van der Waals surface area contributed by atoms with Crippen LogP contribution in [0.3, 0.4) is 0 Å². The van der Waals surface area contributed by atoms with Gasteiger partial charge in [-0.15, -0.1) is 0 Å². The average Bonchev–Trinajstić information content (AvgIpc) is 3.60. The minimum Gasteiger partial charge on any atom is -0.456 e. The van der Waals surface area contributed by atoms with E-state index in [0.717, 1.165) is 39.0 Å². The molecule has 250 valence electrons. The van der Waals surface area contributed by atoms with Crippen molar-refractivity contribution in [1.82, 2.24) is 0 Å². The van der Waals surface area contributed by atoms with E-state index in [4.69, 9.17) is 4.42 Å². The number of benzene rings is 8. The predicted molar refractivity (Wildman–Crippen MR) is 223 cm³/mol. The predicted octanol–water partition coefficient (Wildman–Crippen LogP) is 10.5. The van der Waals surface area contributed by atoms with Gasteiger partial charge in [0.2, 0.25) is 0 Å². The molecule has 3 heterocycles. The van der Waals surface area contributed by atoms with Crippen molar-refractivity contribution in [2.45, 2.75) is 15.2 Å². The van der Waals surface area contributed by atoms with Gasteiger partial charge in [0.25, 0.3) is 0 Å². The number of hydrogen-bond acceptors (Lipinski definition) is 3. The molecule has 0 bridgehead atoms. The zero-order valence-corrected chi connectivity index (χ0v) is 30.8. The molecule has 0 fully saturated rings. The monoisotopic (exact) mass is 711 g/mol. The van der Waals surface area contributed by atoms with E-state index in [-0.39, 0.29) is 0 Å². The molecule has 11 rings (SSSR count). The first-order valence-corrected chi connectivity index (χ1v) is 20.8. The number of rotatable bonds is 4. The van der Waals surface area contributed by atoms with Crippen molar-refractivity contribution in [2.75, 3.05) is 4.90 Å². The summed E-state index contributed by atoms with van der Waals surface area (Å²) in [4.78, 5) is 5.02. The summed E-state index contributed by atoms with van der Waals surface area (Å²) in [7, 11) is -1.90. The zero-order chi connectivity index (χ0) is 34.9. The molecule has 0 saturated carbocycles. The van der Waals surface area contributed by atoms with Gasteiger partial charge in [0.15, 0.2) is 0 Å². The van der Waals surface area contributed by atoms with Gasteiger partial charge in [-0.25, -0.2) is 0 Å². The molecule has 0 aliphatic carbocycles. The largest absolute Gasteiger partial charge is 0.456 e. The highest BCUT2D eigenvalue weighted by molar-refractivity contribution is 7.99. The molecule has 53 heavy (non-hydrogen) atoms. The molecule has 4 heteroatoms. The van der Waals surface area contributed by atoms with Crippen LogP contribution in [0.1, 0.15) is 22.3 Å². The standard InChI is InChI=1S/C49H33NOSSi/c1-3-15-33(16-4-1)50(35-27-29-38-37-19-7-11-23-43(37)51-44(38)32-35)34-28-30-48-42(31-34)49(39-20-8-12-24-45(39)52-46-25-13-9-21-40(46)49)41-22-10-14-26-47(41)53(48)36-17-5-2-6-18-36/h1-32,53H. The molecule has 0 radical (unpaired) electrons. The summed E-state index contributed by atoms with van der Waals surface area (Å²) in [5.74, 6) is 0. The Morgan fingerprint density at radius 3 is 1.75 bits per heavy atom. The van der Waals surface area contributed by atoms with E-state index in [9.17, 15) is 0 Å². The van der Waals surface area contributed by atoms with Gasteiger partial charge in [-0.3, -0.25) is 0 Å². The van der Waals surface area contributed by atoms with Crippen LogP contribution in [0, 0.1) is 0 Å². The fourth-order valence-corrected chi connectivity index (χ4v) is 13.8. The van der Waals surface area contributed by atoms with Crippen molar-refractivity contribution in [1.29, 1.82) is 0 Å². The van der Waals surface area contributed by atoms with Gasteiger partial charge in [0, 0.05) is 43.7 Å². The first-order valence-electron chi connectivity index (χ1n) is 18.2. The number of anilines is 3. The minimum absolute atomic E-state index is 0.496. The number of fused-ring (bicyclic) bond motifs is 11. The Hall–Kier alpha value is -6.07. The molecule has 0 saturated heterocycles. The third-order valence-electron chi connectivity index (χ3n) is 11.3. The molecule has 9 aromatic rings. The van der Waals surface area contributed by atoms with E-state index in [1.54, 1.807) is 0 Å². The summed E-state index contributed by atoms with van der Waals surface area (Å²) in [6, 6.07) is 71.8. The summed E-state index contributed by atoms with van der Waals surface area (Å²) in [5, 5.41) is 6.66. The summed E-state index contributed by atoms with van der Waals surface area (Å²) in [5.41, 5.74) is 10.1. The smallest absolute Gasteiger partial charge is 0.137 e. The molecule has 8 aromatic carbocycles. The van der Waals surface area contributed by atoms with Crippen LogP contribution in [-0.2, 0) is 5.41 Å². The second-order valence-corrected chi connectivity index (χ2v) is 17.9. The van der Waals surface area contributed by atoms with Crippen LogP contribution in [0.2, 0.25) is 0 Å². The Kier molecular flexibility index (Phi) is 6.91. The Balaban J connectivity index is 1.23. The molecule has 0 amide bonds. The normalized spacial score (nSPS) is 15.1. The maximum atomic E-state index is 6.45. The van der Waals surface area contributed by atoms with E-state index in [2.05, 4.69) is 193 Å². The molecule has 1 atom stereocenters. The zero-order valence-electron chi connectivity index (χ0n) is 28.8. The molecule has 2 aliphatic rings. The van der Waals surface area contributed by atoms with Crippen molar-refractivity contribution in [3.05, 3.63) is 216 Å². The van der Waals surface area contributed by atoms with E-state index >= 15 is 0 Å². The van der Waals surface area contributed by atoms with Crippen molar-refractivity contribution in [2.24, 2.45) is 0 Å². The number of nitrogens with zero attached hydrogens (tertiary/aromatic N) is 1. The first-order chi connectivity index (χ1) is 26.3. The lowest BCUT2D eigenvalue weighted by atomic mass is 9.64. The Labute approximate surface area is 314 Å². The Morgan fingerprint density at radius 1 is 0.415 bits per heavy atom. The van der Waals surface area contributed by atoms with Crippen LogP contribution in [0.25, 0.3) is 21.9 Å². The van der Waals surface area contributed by atoms with E-state index in [1.165, 1.54) is 47.6 Å². The molecule has 2 aliphatic heterocycles. The second kappa shape index (κ2) is 12.0. The lowest BCUT2D eigenvalue weighted by Gasteiger charge is -2.48. The van der Waals surface area contributed by atoms with Crippen LogP contribution < -0.4 is 20.5 Å². The third-order valence-corrected chi connectivity index (χ3v) is 15.7. The van der Waals surface area contributed by atoms with Gasteiger partial charge < -0.3 is 9.32 Å². The SMILES string of the molecule is c1ccc(N(c2ccc3c(c2)C2(c4ccccc4Sc4ccccc42)c2ccccc2[SiH]3c2ccccc2)c2ccc3c(c2)oc2ccccc23)cc1. The fourth-order valence-electron chi connectivity index (χ4n) is 9.12. The van der Waals surface area contributed by atoms with Crippen LogP contribution in [0.15, 0.2) is 208 Å². The number of furan rings is 1. The summed E-state index contributed by atoms with van der Waals surface area (Å²) < 4.78 is 6.45. The molecule has 1 spiro atoms. The number of hydrogen-bond donors (Lipinski definition) is 0. The van der Waals surface area contributed by atoms with Crippen molar-refractivity contribution in [3.63, 3.8) is 0 Å². The second-order valence-electron chi connectivity index (χ2n) is 14.0. The quantitative estimate of drug-likeness (QED) is 0.169. The summed E-state index contributed by atoms with van der Waals surface area (Å²) in [6.07, 6.45) is 0. The molecular formula is C49H33NOSSi. The highest BCUT2D eigenvalue weighted by Crippen LogP contribution is 2.56. The van der Waals surface area contributed by atoms with Crippen LogP contribution in [0.4, 0.5) is 17.1 Å². The van der Waals surface area contributed by atoms with E-state index in [0.29, 0.717) is 0 Å². The third kappa shape index (κ3) is 4.53. The topological polar surface area (TPSA) is 16.4 Å². The van der Waals surface area contributed by atoms with Crippen molar-refractivity contribution in [3.8, 4) is 0 Å². The van der Waals surface area contributed by atoms with Crippen LogP contribution in [-0.4, -0.2) is 8.80 Å². The summed E-state index contributed by atoms with van der Waals surface area (Å²) >= 11 is 1.89. The van der Waals surface area contributed by atoms with Crippen LogP contribution in [0.5, 0.6) is 0 Å². The highest BCUT2D eigenvalue weighted by Gasteiger charge is 2.50. The molecule has 1 unspecified atom stereocenters. The lowest BCUT2D eigenvalue weighted by molar-refractivity contribution is 0.669. The van der Waals surface area contributed by atoms with Gasteiger partial charge in [-0.2, -0.15) is 0 Å². The van der Waals surface area contributed by atoms with Crippen LogP contribution >= 0.6 is 11.8 Å². The molecule has 2 nitrogen and oxygen atoms in total. The Morgan fingerprint density at radius 2 is 0.981 bits per heavy atom. The maximum absolute atomic E-state index is 6.45. The minimum atomic E-state index is -1.90. The van der Waals surface area contributed by atoms with Gasteiger partial charge >= 0.3 is 0 Å².